The van der Waals surface area contributed by atoms with Crippen LogP contribution in [0.3, 0.4) is 0 Å². The van der Waals surface area contributed by atoms with Crippen LogP contribution in [0.2, 0.25) is 0 Å². The smallest absolute Gasteiger partial charge is 0.314 e. The lowest BCUT2D eigenvalue weighted by atomic mass is 10.2. The number of ether oxygens (including phenoxy) is 2. The van der Waals surface area contributed by atoms with Crippen LogP contribution in [0.5, 0.6) is 11.5 Å². The summed E-state index contributed by atoms with van der Waals surface area (Å²) >= 11 is 0. The first-order valence-corrected chi connectivity index (χ1v) is 5.90. The molecular weight excluding hydrogens is 284 g/mol. The van der Waals surface area contributed by atoms with E-state index in [2.05, 4.69) is 4.74 Å². The van der Waals surface area contributed by atoms with Crippen molar-refractivity contribution in [1.82, 2.24) is 0 Å². The fourth-order valence-electron chi connectivity index (χ4n) is 1.78. The first kappa shape index (κ1) is 14.7. The van der Waals surface area contributed by atoms with Crippen molar-refractivity contribution in [2.24, 2.45) is 0 Å². The average Bonchev–Trinajstić information content (AvgIpc) is 2.44. The summed E-state index contributed by atoms with van der Waals surface area (Å²) in [6.07, 6.45) is 0. The van der Waals surface area contributed by atoms with E-state index in [4.69, 9.17) is 4.74 Å². The first-order valence-electron chi connectivity index (χ1n) is 5.90. The van der Waals surface area contributed by atoms with Gasteiger partial charge >= 0.3 is 5.69 Å². The fraction of sp³-hybridized carbons (Fsp3) is 0.143. The van der Waals surface area contributed by atoms with E-state index in [1.807, 2.05) is 0 Å². The molecule has 0 saturated heterocycles. The Balaban J connectivity index is 2.23. The minimum absolute atomic E-state index is 0.134. The number of benzene rings is 2. The normalized spacial score (nSPS) is 10.2. The van der Waals surface area contributed by atoms with Gasteiger partial charge in [0.25, 0.3) is 0 Å². The van der Waals surface area contributed by atoms with Crippen LogP contribution in [0.25, 0.3) is 0 Å². The highest BCUT2D eigenvalue weighted by atomic mass is 19.1. The molecule has 0 unspecified atom stereocenters. The minimum atomic E-state index is -0.857. The molecule has 0 N–H and O–H groups in total. The van der Waals surface area contributed by atoms with Gasteiger partial charge in [-0.3, -0.25) is 10.1 Å². The summed E-state index contributed by atoms with van der Waals surface area (Å²) in [7, 11) is 1.15. The second kappa shape index (κ2) is 6.17. The Labute approximate surface area is 118 Å². The highest BCUT2D eigenvalue weighted by Gasteiger charge is 2.21. The molecule has 0 aliphatic rings. The van der Waals surface area contributed by atoms with Gasteiger partial charge in [0.2, 0.25) is 5.75 Å². The van der Waals surface area contributed by atoms with E-state index in [1.165, 1.54) is 18.2 Å². The Kier molecular flexibility index (Phi) is 4.32. The van der Waals surface area contributed by atoms with E-state index in [1.54, 1.807) is 0 Å². The quantitative estimate of drug-likeness (QED) is 0.626. The van der Waals surface area contributed by atoms with Gasteiger partial charge in [0.05, 0.1) is 12.0 Å². The molecule has 0 amide bonds. The predicted molar refractivity (Wildman–Crippen MR) is 70.3 cm³/mol. The highest BCUT2D eigenvalue weighted by Crippen LogP contribution is 2.31. The number of nitro benzene ring substituents is 1. The van der Waals surface area contributed by atoms with Gasteiger partial charge in [-0.15, -0.1) is 0 Å². The molecule has 0 spiro atoms. The molecule has 0 radical (unpaired) electrons. The van der Waals surface area contributed by atoms with Crippen LogP contribution >= 0.6 is 0 Å². The standard InChI is InChI=1S/C14H11F2NO4/c1-20-14-12(16)5-9(6-13(14)17(18)19)8-21-11-4-2-3-10(15)7-11/h2-7H,8H2,1H3. The average molecular weight is 295 g/mol. The number of nitrogens with zero attached hydrogens (tertiary/aromatic N) is 1. The molecule has 0 saturated carbocycles. The Morgan fingerprint density at radius 1 is 1.24 bits per heavy atom. The van der Waals surface area contributed by atoms with E-state index in [0.717, 1.165) is 25.3 Å². The predicted octanol–water partition coefficient (Wildman–Crippen LogP) is 3.46. The van der Waals surface area contributed by atoms with E-state index in [0.29, 0.717) is 0 Å². The van der Waals surface area contributed by atoms with Crippen LogP contribution in [-0.2, 0) is 6.61 Å². The third kappa shape index (κ3) is 3.44. The molecule has 5 nitrogen and oxygen atoms in total. The Morgan fingerprint density at radius 2 is 2.00 bits per heavy atom. The van der Waals surface area contributed by atoms with E-state index in [9.17, 15) is 18.9 Å². The summed E-state index contributed by atoms with van der Waals surface area (Å²) in [6, 6.07) is 7.63. The van der Waals surface area contributed by atoms with Gasteiger partial charge in [-0.25, -0.2) is 8.78 Å². The third-order valence-corrected chi connectivity index (χ3v) is 2.69. The monoisotopic (exact) mass is 295 g/mol. The topological polar surface area (TPSA) is 61.6 Å². The third-order valence-electron chi connectivity index (χ3n) is 2.69. The van der Waals surface area contributed by atoms with Crippen molar-refractivity contribution in [3.05, 3.63) is 63.7 Å². The summed E-state index contributed by atoms with van der Waals surface area (Å²) in [5.41, 5.74) is -0.250. The second-order valence-corrected chi connectivity index (χ2v) is 4.13. The largest absolute Gasteiger partial charge is 0.489 e. The van der Waals surface area contributed by atoms with Crippen molar-refractivity contribution in [2.45, 2.75) is 6.61 Å². The van der Waals surface area contributed by atoms with Crippen LogP contribution in [0.4, 0.5) is 14.5 Å². The van der Waals surface area contributed by atoms with Gasteiger partial charge in [0.1, 0.15) is 18.2 Å². The van der Waals surface area contributed by atoms with Gasteiger partial charge < -0.3 is 9.47 Å². The molecular formula is C14H11F2NO4. The lowest BCUT2D eigenvalue weighted by Gasteiger charge is -2.08. The molecule has 0 heterocycles. The molecule has 0 aromatic heterocycles. The van der Waals surface area contributed by atoms with Crippen molar-refractivity contribution >= 4 is 5.69 Å². The lowest BCUT2D eigenvalue weighted by Crippen LogP contribution is -2.01. The molecule has 110 valence electrons. The zero-order chi connectivity index (χ0) is 15.4. The first-order chi connectivity index (χ1) is 10.0. The van der Waals surface area contributed by atoms with E-state index >= 15 is 0 Å². The summed E-state index contributed by atoms with van der Waals surface area (Å²) in [4.78, 5) is 10.1. The fourth-order valence-corrected chi connectivity index (χ4v) is 1.78. The molecule has 0 bridgehead atoms. The number of hydrogen-bond donors (Lipinski definition) is 0. The molecule has 21 heavy (non-hydrogen) atoms. The minimum Gasteiger partial charge on any atom is -0.489 e. The van der Waals surface area contributed by atoms with Gasteiger partial charge in [0.15, 0.2) is 5.82 Å². The maximum absolute atomic E-state index is 13.7. The Bertz CT molecular complexity index is 676. The molecule has 0 aliphatic heterocycles. The van der Waals surface area contributed by atoms with Crippen molar-refractivity contribution < 1.29 is 23.2 Å². The summed E-state index contributed by atoms with van der Waals surface area (Å²) in [5.74, 6) is -1.52. The van der Waals surface area contributed by atoms with Crippen molar-refractivity contribution in [2.75, 3.05) is 7.11 Å². The molecule has 7 heteroatoms. The summed E-state index contributed by atoms with van der Waals surface area (Å²) in [5, 5.41) is 10.9. The van der Waals surface area contributed by atoms with Crippen LogP contribution in [0, 0.1) is 21.7 Å². The van der Waals surface area contributed by atoms with Gasteiger partial charge in [-0.05, 0) is 23.8 Å². The maximum Gasteiger partial charge on any atom is 0.314 e. The molecule has 2 aromatic rings. The molecule has 0 fully saturated rings. The van der Waals surface area contributed by atoms with E-state index in [-0.39, 0.29) is 17.9 Å². The van der Waals surface area contributed by atoms with Crippen molar-refractivity contribution in [3.8, 4) is 11.5 Å². The molecule has 0 aliphatic carbocycles. The zero-order valence-corrected chi connectivity index (χ0v) is 11.0. The van der Waals surface area contributed by atoms with Crippen LogP contribution in [0.1, 0.15) is 5.56 Å². The van der Waals surface area contributed by atoms with Crippen molar-refractivity contribution in [3.63, 3.8) is 0 Å². The van der Waals surface area contributed by atoms with E-state index < -0.39 is 28.0 Å². The number of hydrogen-bond acceptors (Lipinski definition) is 4. The van der Waals surface area contributed by atoms with Gasteiger partial charge in [0, 0.05) is 12.1 Å². The molecule has 0 atom stereocenters. The molecule has 2 rings (SSSR count). The summed E-state index contributed by atoms with van der Waals surface area (Å²) in [6.45, 7) is -0.134. The van der Waals surface area contributed by atoms with Crippen LogP contribution < -0.4 is 9.47 Å². The lowest BCUT2D eigenvalue weighted by molar-refractivity contribution is -0.386. The Morgan fingerprint density at radius 3 is 2.62 bits per heavy atom. The maximum atomic E-state index is 13.7. The Hall–Kier alpha value is -2.70. The van der Waals surface area contributed by atoms with Gasteiger partial charge in [-0.1, -0.05) is 6.07 Å². The molecule has 2 aromatic carbocycles. The number of halogens is 2. The SMILES string of the molecule is COc1c(F)cc(COc2cccc(F)c2)cc1[N+](=O)[O-]. The summed E-state index contributed by atoms with van der Waals surface area (Å²) < 4.78 is 36.6. The van der Waals surface area contributed by atoms with Gasteiger partial charge in [-0.2, -0.15) is 0 Å². The second-order valence-electron chi connectivity index (χ2n) is 4.13. The van der Waals surface area contributed by atoms with Crippen LogP contribution in [-0.4, -0.2) is 12.0 Å². The van der Waals surface area contributed by atoms with Crippen LogP contribution in [0.15, 0.2) is 36.4 Å². The van der Waals surface area contributed by atoms with Crippen molar-refractivity contribution in [1.29, 1.82) is 0 Å². The number of rotatable bonds is 5. The number of methoxy groups -OCH3 is 1. The zero-order valence-electron chi connectivity index (χ0n) is 11.0. The number of nitro groups is 1. The highest BCUT2D eigenvalue weighted by molar-refractivity contribution is 5.49.